The molecule has 0 spiro atoms. The van der Waals surface area contributed by atoms with Gasteiger partial charge in [-0.05, 0) is 30.4 Å². The van der Waals surface area contributed by atoms with Crippen LogP contribution in [0, 0.1) is 0 Å². The summed E-state index contributed by atoms with van der Waals surface area (Å²) in [5.74, 6) is 0. The van der Waals surface area contributed by atoms with Crippen LogP contribution >= 0.6 is 0 Å². The van der Waals surface area contributed by atoms with Crippen LogP contribution in [0.25, 0.3) is 5.70 Å². The zero-order valence-corrected chi connectivity index (χ0v) is 22.9. The van der Waals surface area contributed by atoms with Gasteiger partial charge in [-0.2, -0.15) is 0 Å². The third-order valence-electron chi connectivity index (χ3n) is 7.17. The maximum absolute atomic E-state index is 10.5. The quantitative estimate of drug-likeness (QED) is 0.143. The van der Waals surface area contributed by atoms with Gasteiger partial charge in [-0.1, -0.05) is 140 Å². The van der Waals surface area contributed by atoms with Gasteiger partial charge < -0.3 is 14.6 Å². The minimum atomic E-state index is -0.875. The Morgan fingerprint density at radius 1 is 0.771 bits per heavy atom. The summed E-state index contributed by atoms with van der Waals surface area (Å²) < 4.78 is 5.48. The normalized spacial score (nSPS) is 13.3. The number of nitrogens with zero attached hydrogens (tertiary/aromatic N) is 1. The van der Waals surface area contributed by atoms with Crippen molar-refractivity contribution in [3.05, 3.63) is 48.1 Å². The van der Waals surface area contributed by atoms with Gasteiger partial charge in [0.15, 0.2) is 0 Å². The van der Waals surface area contributed by atoms with Crippen LogP contribution in [-0.4, -0.2) is 36.7 Å². The molecule has 2 rings (SSSR count). The van der Waals surface area contributed by atoms with Crippen molar-refractivity contribution in [1.82, 2.24) is 4.90 Å². The summed E-state index contributed by atoms with van der Waals surface area (Å²) in [5.41, 5.74) is 3.13. The highest BCUT2D eigenvalue weighted by Crippen LogP contribution is 2.22. The van der Waals surface area contributed by atoms with Gasteiger partial charge in [0.2, 0.25) is 0 Å². The first-order valence-electron chi connectivity index (χ1n) is 14.8. The fourth-order valence-electron chi connectivity index (χ4n) is 5.07. The van der Waals surface area contributed by atoms with Crippen molar-refractivity contribution in [1.29, 1.82) is 0 Å². The molecule has 1 aromatic rings. The summed E-state index contributed by atoms with van der Waals surface area (Å²) in [4.78, 5) is 2.45. The standard InChI is InChI=1S/C31H52BNO2/c1-3-5-6-7-8-9-10-11-12-13-14-15-16-17-18-22-27-33-28-23-21-26-31(33)29-24-19-20-25-30(29)32(34)35-4-2/h19-21,23-26,34H,3-18,22,27-28H2,1-2H3. The topological polar surface area (TPSA) is 32.7 Å². The molecule has 0 aliphatic carbocycles. The lowest BCUT2D eigenvalue weighted by Gasteiger charge is -2.30. The number of hydrogen-bond acceptors (Lipinski definition) is 3. The molecule has 0 aromatic heterocycles. The van der Waals surface area contributed by atoms with Gasteiger partial charge in [-0.3, -0.25) is 0 Å². The number of unbranched alkanes of at least 4 members (excludes halogenated alkanes) is 15. The van der Waals surface area contributed by atoms with E-state index in [2.05, 4.69) is 36.1 Å². The van der Waals surface area contributed by atoms with Gasteiger partial charge in [0, 0.05) is 25.4 Å². The highest BCUT2D eigenvalue weighted by atomic mass is 16.5. The van der Waals surface area contributed by atoms with Crippen LogP contribution in [0.2, 0.25) is 0 Å². The molecule has 0 unspecified atom stereocenters. The van der Waals surface area contributed by atoms with E-state index in [-0.39, 0.29) is 0 Å². The monoisotopic (exact) mass is 481 g/mol. The van der Waals surface area contributed by atoms with Gasteiger partial charge >= 0.3 is 7.12 Å². The smallest absolute Gasteiger partial charge is 0.423 e. The van der Waals surface area contributed by atoms with Gasteiger partial charge in [0.25, 0.3) is 0 Å². The Labute approximate surface area is 217 Å². The third kappa shape index (κ3) is 12.3. The highest BCUT2D eigenvalue weighted by molar-refractivity contribution is 6.61. The molecule has 0 amide bonds. The van der Waals surface area contributed by atoms with Crippen LogP contribution in [0.15, 0.2) is 42.5 Å². The molecule has 3 nitrogen and oxygen atoms in total. The summed E-state index contributed by atoms with van der Waals surface area (Å²) in [6, 6.07) is 8.09. The molecule has 1 aromatic carbocycles. The van der Waals surface area contributed by atoms with Gasteiger partial charge in [-0.15, -0.1) is 0 Å². The van der Waals surface area contributed by atoms with Crippen molar-refractivity contribution < 1.29 is 9.68 Å². The Kier molecular flexibility index (Phi) is 16.7. The average Bonchev–Trinajstić information content (AvgIpc) is 2.89. The summed E-state index contributed by atoms with van der Waals surface area (Å²) in [6.07, 6.45) is 28.9. The molecule has 4 heteroatoms. The van der Waals surface area contributed by atoms with Crippen molar-refractivity contribution in [3.63, 3.8) is 0 Å². The van der Waals surface area contributed by atoms with Gasteiger partial charge in [0.05, 0.1) is 0 Å². The van der Waals surface area contributed by atoms with Crippen molar-refractivity contribution in [2.75, 3.05) is 19.7 Å². The first-order chi connectivity index (χ1) is 17.3. The largest absolute Gasteiger partial charge is 0.491 e. The highest BCUT2D eigenvalue weighted by Gasteiger charge is 2.23. The van der Waals surface area contributed by atoms with E-state index in [9.17, 15) is 5.02 Å². The summed E-state index contributed by atoms with van der Waals surface area (Å²) in [6.45, 7) is 6.70. The molecule has 1 aliphatic heterocycles. The Morgan fingerprint density at radius 3 is 1.89 bits per heavy atom. The van der Waals surface area contributed by atoms with Crippen molar-refractivity contribution in [2.45, 2.75) is 117 Å². The van der Waals surface area contributed by atoms with Crippen molar-refractivity contribution >= 4 is 18.3 Å². The number of rotatable bonds is 21. The molecule has 0 saturated heterocycles. The molecule has 1 N–H and O–H groups in total. The van der Waals surface area contributed by atoms with E-state index in [1.807, 2.05) is 25.1 Å². The molecule has 1 heterocycles. The van der Waals surface area contributed by atoms with Crippen molar-refractivity contribution in [2.24, 2.45) is 0 Å². The second kappa shape index (κ2) is 19.6. The van der Waals surface area contributed by atoms with Crippen LogP contribution in [0.4, 0.5) is 0 Å². The molecular weight excluding hydrogens is 429 g/mol. The molecule has 35 heavy (non-hydrogen) atoms. The third-order valence-corrected chi connectivity index (χ3v) is 7.17. The molecule has 0 atom stereocenters. The Morgan fingerprint density at radius 2 is 1.31 bits per heavy atom. The fraction of sp³-hybridized carbons (Fsp3) is 0.677. The van der Waals surface area contributed by atoms with Gasteiger partial charge in [-0.25, -0.2) is 0 Å². The molecule has 0 fully saturated rings. The summed E-state index contributed by atoms with van der Waals surface area (Å²) >= 11 is 0. The maximum Gasteiger partial charge on any atom is 0.491 e. The second-order valence-corrected chi connectivity index (χ2v) is 10.1. The average molecular weight is 482 g/mol. The fourth-order valence-corrected chi connectivity index (χ4v) is 5.07. The van der Waals surface area contributed by atoms with E-state index in [0.717, 1.165) is 24.1 Å². The lowest BCUT2D eigenvalue weighted by atomic mass is 9.75. The number of hydrogen-bond donors (Lipinski definition) is 1. The van der Waals surface area contributed by atoms with E-state index >= 15 is 0 Å². The Bertz CT molecular complexity index is 718. The van der Waals surface area contributed by atoms with Crippen LogP contribution in [0.3, 0.4) is 0 Å². The van der Waals surface area contributed by atoms with E-state index < -0.39 is 7.12 Å². The predicted molar refractivity (Wildman–Crippen MR) is 154 cm³/mol. The molecular formula is C31H52BNO2. The molecule has 0 radical (unpaired) electrons. The summed E-state index contributed by atoms with van der Waals surface area (Å²) in [5, 5.41) is 10.5. The van der Waals surface area contributed by atoms with E-state index in [4.69, 9.17) is 4.65 Å². The molecule has 0 saturated carbocycles. The van der Waals surface area contributed by atoms with E-state index in [0.29, 0.717) is 6.61 Å². The second-order valence-electron chi connectivity index (χ2n) is 10.1. The zero-order chi connectivity index (χ0) is 25.0. The minimum absolute atomic E-state index is 0.497. The van der Waals surface area contributed by atoms with Crippen LogP contribution < -0.4 is 5.46 Å². The number of allylic oxidation sites excluding steroid dienone is 2. The van der Waals surface area contributed by atoms with Crippen molar-refractivity contribution in [3.8, 4) is 0 Å². The summed E-state index contributed by atoms with van der Waals surface area (Å²) in [7, 11) is -0.875. The zero-order valence-electron chi connectivity index (χ0n) is 22.9. The molecule has 196 valence electrons. The Balaban J connectivity index is 1.55. The lowest BCUT2D eigenvalue weighted by Crippen LogP contribution is -2.38. The number of benzene rings is 1. The van der Waals surface area contributed by atoms with Gasteiger partial charge in [0.1, 0.15) is 0 Å². The first-order valence-corrected chi connectivity index (χ1v) is 14.8. The first kappa shape index (κ1) is 29.7. The Hall–Kier alpha value is -1.52. The minimum Gasteiger partial charge on any atom is -0.423 e. The molecule has 0 bridgehead atoms. The molecule has 1 aliphatic rings. The van der Waals surface area contributed by atoms with Crippen LogP contribution in [0.5, 0.6) is 0 Å². The SMILES string of the molecule is CCCCCCCCCCCCCCCCCCN1CC=CC=C1c1ccccc1B(O)OCC. The lowest BCUT2D eigenvalue weighted by molar-refractivity contribution is 0.287. The van der Waals surface area contributed by atoms with Crippen LogP contribution in [0.1, 0.15) is 122 Å². The van der Waals surface area contributed by atoms with E-state index in [1.165, 1.54) is 108 Å². The van der Waals surface area contributed by atoms with E-state index in [1.54, 1.807) is 0 Å². The maximum atomic E-state index is 10.5. The predicted octanol–water partition coefficient (Wildman–Crippen LogP) is 7.88. The van der Waals surface area contributed by atoms with Crippen LogP contribution in [-0.2, 0) is 4.65 Å².